The molecule has 0 spiro atoms. The Morgan fingerprint density at radius 3 is 2.26 bits per heavy atom. The number of ether oxygens (including phenoxy) is 1. The van der Waals surface area contributed by atoms with Crippen LogP contribution in [0.5, 0.6) is 5.75 Å². The molecule has 0 radical (unpaired) electrons. The van der Waals surface area contributed by atoms with E-state index in [4.69, 9.17) is 9.15 Å². The molecule has 0 fully saturated rings. The highest BCUT2D eigenvalue weighted by atomic mass is 16.5. The molecule has 0 bridgehead atoms. The maximum atomic E-state index is 12.7. The van der Waals surface area contributed by atoms with Crippen LogP contribution < -0.4 is 15.0 Å². The van der Waals surface area contributed by atoms with Crippen LogP contribution in [0.1, 0.15) is 31.3 Å². The van der Waals surface area contributed by atoms with Crippen LogP contribution in [0.2, 0.25) is 0 Å². The van der Waals surface area contributed by atoms with Crippen molar-refractivity contribution in [2.45, 2.75) is 0 Å². The normalized spacial score (nSPS) is 12.9. The number of anilines is 2. The van der Waals surface area contributed by atoms with E-state index in [1.807, 2.05) is 18.2 Å². The van der Waals surface area contributed by atoms with Gasteiger partial charge < -0.3 is 14.5 Å². The van der Waals surface area contributed by atoms with Crippen molar-refractivity contribution in [1.29, 1.82) is 0 Å². The number of imide groups is 1. The van der Waals surface area contributed by atoms with Gasteiger partial charge in [0, 0.05) is 11.5 Å². The zero-order chi connectivity index (χ0) is 21.5. The van der Waals surface area contributed by atoms with E-state index in [0.29, 0.717) is 33.8 Å². The molecule has 2 heterocycles. The van der Waals surface area contributed by atoms with Crippen molar-refractivity contribution in [3.8, 4) is 5.75 Å². The number of furan rings is 1. The second kappa shape index (κ2) is 7.14. The third-order valence-corrected chi connectivity index (χ3v) is 5.13. The molecule has 5 rings (SSSR count). The molecule has 7 nitrogen and oxygen atoms in total. The fourth-order valence-electron chi connectivity index (χ4n) is 3.62. The summed E-state index contributed by atoms with van der Waals surface area (Å²) in [5.74, 6) is -0.780. The lowest BCUT2D eigenvalue weighted by Gasteiger charge is -2.17. The van der Waals surface area contributed by atoms with Gasteiger partial charge >= 0.3 is 0 Å². The zero-order valence-corrected chi connectivity index (χ0v) is 16.4. The summed E-state index contributed by atoms with van der Waals surface area (Å²) in [4.78, 5) is 39.2. The molecule has 0 unspecified atom stereocenters. The number of methoxy groups -OCH3 is 1. The molecule has 0 saturated carbocycles. The molecule has 1 aliphatic heterocycles. The van der Waals surface area contributed by atoms with E-state index in [-0.39, 0.29) is 5.76 Å². The monoisotopic (exact) mass is 412 g/mol. The number of nitrogens with zero attached hydrogens (tertiary/aromatic N) is 1. The van der Waals surface area contributed by atoms with Crippen molar-refractivity contribution in [3.63, 3.8) is 0 Å². The highest BCUT2D eigenvalue weighted by molar-refractivity contribution is 6.34. The van der Waals surface area contributed by atoms with Gasteiger partial charge in [-0.15, -0.1) is 0 Å². The second-order valence-electron chi connectivity index (χ2n) is 6.98. The van der Waals surface area contributed by atoms with Crippen molar-refractivity contribution in [1.82, 2.24) is 0 Å². The van der Waals surface area contributed by atoms with Crippen molar-refractivity contribution >= 4 is 40.1 Å². The van der Waals surface area contributed by atoms with Crippen LogP contribution in [-0.2, 0) is 0 Å². The van der Waals surface area contributed by atoms with Gasteiger partial charge in [-0.25, -0.2) is 4.90 Å². The lowest BCUT2D eigenvalue weighted by atomic mass is 10.1. The van der Waals surface area contributed by atoms with E-state index in [2.05, 4.69) is 5.32 Å². The Morgan fingerprint density at radius 1 is 0.903 bits per heavy atom. The van der Waals surface area contributed by atoms with Gasteiger partial charge in [-0.2, -0.15) is 0 Å². The van der Waals surface area contributed by atoms with E-state index < -0.39 is 17.7 Å². The summed E-state index contributed by atoms with van der Waals surface area (Å²) in [7, 11) is 1.44. The van der Waals surface area contributed by atoms with E-state index in [0.717, 1.165) is 10.3 Å². The number of carbonyl (C=O) groups is 3. The number of fused-ring (bicyclic) bond motifs is 2. The second-order valence-corrected chi connectivity index (χ2v) is 6.98. The lowest BCUT2D eigenvalue weighted by Crippen LogP contribution is -2.29. The van der Waals surface area contributed by atoms with Crippen molar-refractivity contribution in [2.24, 2.45) is 0 Å². The average Bonchev–Trinajstić information content (AvgIpc) is 3.34. The van der Waals surface area contributed by atoms with Crippen LogP contribution in [0, 0.1) is 0 Å². The average molecular weight is 412 g/mol. The first-order chi connectivity index (χ1) is 15.1. The fraction of sp³-hybridized carbons (Fsp3) is 0.0417. The fourth-order valence-corrected chi connectivity index (χ4v) is 3.62. The van der Waals surface area contributed by atoms with Gasteiger partial charge in [0.25, 0.3) is 17.7 Å². The minimum Gasteiger partial charge on any atom is -0.494 e. The summed E-state index contributed by atoms with van der Waals surface area (Å²) in [6.07, 6.45) is 0. The Hall–Kier alpha value is -4.39. The third-order valence-electron chi connectivity index (χ3n) is 5.13. The number of hydrogen-bond acceptors (Lipinski definition) is 5. The maximum Gasteiger partial charge on any atom is 0.291 e. The molecule has 3 amide bonds. The number of para-hydroxylation sites is 1. The smallest absolute Gasteiger partial charge is 0.291 e. The van der Waals surface area contributed by atoms with E-state index in [1.54, 1.807) is 48.5 Å². The molecule has 1 N–H and O–H groups in total. The standard InChI is InChI=1S/C24H16N2O5/c1-30-20-13-15(26-23(28)16-7-3-4-8-17(16)24(26)29)10-11-18(20)25-22(27)21-12-14-6-2-5-9-19(14)31-21/h2-13H,1H3,(H,25,27). The molecule has 0 atom stereocenters. The Balaban J connectivity index is 1.44. The van der Waals surface area contributed by atoms with E-state index >= 15 is 0 Å². The van der Waals surface area contributed by atoms with Gasteiger partial charge in [0.2, 0.25) is 0 Å². The van der Waals surface area contributed by atoms with Gasteiger partial charge in [0.15, 0.2) is 5.76 Å². The number of rotatable bonds is 4. The first kappa shape index (κ1) is 18.6. The van der Waals surface area contributed by atoms with Crippen LogP contribution in [-0.4, -0.2) is 24.8 Å². The number of benzene rings is 3. The predicted molar refractivity (Wildman–Crippen MR) is 115 cm³/mol. The minimum absolute atomic E-state index is 0.160. The van der Waals surface area contributed by atoms with Crippen LogP contribution in [0.15, 0.2) is 77.2 Å². The van der Waals surface area contributed by atoms with E-state index in [1.165, 1.54) is 13.2 Å². The zero-order valence-electron chi connectivity index (χ0n) is 16.4. The first-order valence-electron chi connectivity index (χ1n) is 9.52. The molecule has 3 aromatic carbocycles. The van der Waals surface area contributed by atoms with E-state index in [9.17, 15) is 14.4 Å². The van der Waals surface area contributed by atoms with Gasteiger partial charge in [-0.3, -0.25) is 14.4 Å². The molecule has 1 aromatic heterocycles. The van der Waals surface area contributed by atoms with Crippen molar-refractivity contribution in [3.05, 3.63) is 89.7 Å². The molecular formula is C24H16N2O5. The molecule has 0 saturated heterocycles. The molecule has 1 aliphatic rings. The Kier molecular flexibility index (Phi) is 4.29. The molecule has 7 heteroatoms. The molecule has 0 aliphatic carbocycles. The SMILES string of the molecule is COc1cc(N2C(=O)c3ccccc3C2=O)ccc1NC(=O)c1cc2ccccc2o1. The number of carbonyl (C=O) groups excluding carboxylic acids is 3. The number of nitrogens with one attached hydrogen (secondary N) is 1. The Morgan fingerprint density at radius 2 is 1.58 bits per heavy atom. The number of hydrogen-bond donors (Lipinski definition) is 1. The summed E-state index contributed by atoms with van der Waals surface area (Å²) in [5, 5.41) is 3.57. The summed E-state index contributed by atoms with van der Waals surface area (Å²) in [5.41, 5.74) is 2.06. The van der Waals surface area contributed by atoms with Gasteiger partial charge in [0.05, 0.1) is 29.6 Å². The highest BCUT2D eigenvalue weighted by Gasteiger charge is 2.36. The van der Waals surface area contributed by atoms with Crippen LogP contribution in [0.4, 0.5) is 11.4 Å². The van der Waals surface area contributed by atoms with Crippen molar-refractivity contribution in [2.75, 3.05) is 17.3 Å². The van der Waals surface area contributed by atoms with Gasteiger partial charge in [0.1, 0.15) is 11.3 Å². The summed E-state index contributed by atoms with van der Waals surface area (Å²) >= 11 is 0. The largest absolute Gasteiger partial charge is 0.494 e. The minimum atomic E-state index is -0.442. The molecule has 152 valence electrons. The Bertz CT molecular complexity index is 1300. The quantitative estimate of drug-likeness (QED) is 0.499. The molecule has 4 aromatic rings. The third kappa shape index (κ3) is 3.03. The van der Waals surface area contributed by atoms with Crippen molar-refractivity contribution < 1.29 is 23.5 Å². The number of amides is 3. The molecule has 31 heavy (non-hydrogen) atoms. The topological polar surface area (TPSA) is 88.9 Å². The molecular weight excluding hydrogens is 396 g/mol. The van der Waals surface area contributed by atoms with Gasteiger partial charge in [-0.1, -0.05) is 30.3 Å². The Labute approximate surface area is 176 Å². The van der Waals surface area contributed by atoms with Gasteiger partial charge in [-0.05, 0) is 36.4 Å². The predicted octanol–water partition coefficient (Wildman–Crippen LogP) is 4.49. The summed E-state index contributed by atoms with van der Waals surface area (Å²) in [6.45, 7) is 0. The highest BCUT2D eigenvalue weighted by Crippen LogP contribution is 2.34. The van der Waals surface area contributed by atoms with Crippen LogP contribution in [0.25, 0.3) is 11.0 Å². The maximum absolute atomic E-state index is 12.7. The lowest BCUT2D eigenvalue weighted by molar-refractivity contribution is 0.0924. The summed E-state index contributed by atoms with van der Waals surface area (Å²) in [6, 6.07) is 20.3. The summed E-state index contributed by atoms with van der Waals surface area (Å²) < 4.78 is 11.0. The van der Waals surface area contributed by atoms with Crippen LogP contribution in [0.3, 0.4) is 0 Å². The first-order valence-corrected chi connectivity index (χ1v) is 9.52. The van der Waals surface area contributed by atoms with Crippen LogP contribution >= 0.6 is 0 Å².